The van der Waals surface area contributed by atoms with Gasteiger partial charge in [-0.3, -0.25) is 4.79 Å². The van der Waals surface area contributed by atoms with E-state index in [0.717, 1.165) is 36.3 Å². The van der Waals surface area contributed by atoms with Gasteiger partial charge in [0.05, 0.1) is 10.2 Å². The molecule has 0 N–H and O–H groups in total. The van der Waals surface area contributed by atoms with Crippen LogP contribution in [0.25, 0.3) is 10.2 Å². The summed E-state index contributed by atoms with van der Waals surface area (Å²) in [5.41, 5.74) is 1.70. The average Bonchev–Trinajstić information content (AvgIpc) is 2.89. The SMILES string of the molecule is CSCCn1c(=NC(=O)c2ccc(Br)cc2)sc2cc(Br)ccc21. The van der Waals surface area contributed by atoms with Crippen LogP contribution in [0.4, 0.5) is 0 Å². The minimum absolute atomic E-state index is 0.217. The topological polar surface area (TPSA) is 34.4 Å². The number of hydrogen-bond acceptors (Lipinski definition) is 3. The van der Waals surface area contributed by atoms with Crippen molar-refractivity contribution in [3.63, 3.8) is 0 Å². The highest BCUT2D eigenvalue weighted by molar-refractivity contribution is 9.10. The Kier molecular flexibility index (Phi) is 5.97. The molecule has 124 valence electrons. The molecule has 1 aromatic heterocycles. The van der Waals surface area contributed by atoms with Gasteiger partial charge >= 0.3 is 0 Å². The van der Waals surface area contributed by atoms with Crippen LogP contribution in [0, 0.1) is 0 Å². The van der Waals surface area contributed by atoms with Gasteiger partial charge in [0.1, 0.15) is 0 Å². The average molecular weight is 486 g/mol. The smallest absolute Gasteiger partial charge is 0.279 e. The molecule has 3 nitrogen and oxygen atoms in total. The highest BCUT2D eigenvalue weighted by atomic mass is 79.9. The van der Waals surface area contributed by atoms with E-state index in [1.165, 1.54) is 0 Å². The van der Waals surface area contributed by atoms with Gasteiger partial charge in [0.15, 0.2) is 4.80 Å². The van der Waals surface area contributed by atoms with E-state index in [0.29, 0.717) is 5.56 Å². The molecular formula is C17H14Br2N2OS2. The summed E-state index contributed by atoms with van der Waals surface area (Å²) in [6.45, 7) is 0.829. The van der Waals surface area contributed by atoms with Gasteiger partial charge in [-0.2, -0.15) is 16.8 Å². The fourth-order valence-electron chi connectivity index (χ4n) is 2.27. The van der Waals surface area contributed by atoms with Crippen LogP contribution < -0.4 is 4.80 Å². The standard InChI is InChI=1S/C17H14Br2N2OS2/c1-23-9-8-21-14-7-6-13(19)10-15(14)24-17(21)20-16(22)11-2-4-12(18)5-3-11/h2-7,10H,8-9H2,1H3. The molecule has 7 heteroatoms. The second-order valence-corrected chi connectivity index (χ2v) is 8.89. The second kappa shape index (κ2) is 7.99. The number of carbonyl (C=O) groups excluding carboxylic acids is 1. The molecule has 1 heterocycles. The Morgan fingerprint density at radius 1 is 1.17 bits per heavy atom. The summed E-state index contributed by atoms with van der Waals surface area (Å²) in [4.78, 5) is 17.6. The summed E-state index contributed by atoms with van der Waals surface area (Å²) in [6.07, 6.45) is 2.08. The Labute approximate surface area is 165 Å². The third-order valence-electron chi connectivity index (χ3n) is 3.45. The third kappa shape index (κ3) is 4.02. The van der Waals surface area contributed by atoms with Crippen LogP contribution in [-0.4, -0.2) is 22.5 Å². The number of thioether (sulfide) groups is 1. The third-order valence-corrected chi connectivity index (χ3v) is 6.11. The van der Waals surface area contributed by atoms with Gasteiger partial charge in [0, 0.05) is 26.8 Å². The molecule has 3 rings (SSSR count). The van der Waals surface area contributed by atoms with E-state index in [-0.39, 0.29) is 5.91 Å². The largest absolute Gasteiger partial charge is 0.316 e. The number of aromatic nitrogens is 1. The maximum Gasteiger partial charge on any atom is 0.279 e. The second-order valence-electron chi connectivity index (χ2n) is 5.06. The number of fused-ring (bicyclic) bond motifs is 1. The van der Waals surface area contributed by atoms with E-state index < -0.39 is 0 Å². The minimum Gasteiger partial charge on any atom is -0.316 e. The van der Waals surface area contributed by atoms with Crippen molar-refractivity contribution in [1.82, 2.24) is 4.57 Å². The van der Waals surface area contributed by atoms with Crippen LogP contribution in [0.2, 0.25) is 0 Å². The van der Waals surface area contributed by atoms with E-state index in [1.807, 2.05) is 18.2 Å². The first kappa shape index (κ1) is 17.9. The summed E-state index contributed by atoms with van der Waals surface area (Å²) in [5, 5.41) is 0. The zero-order valence-corrected chi connectivity index (χ0v) is 17.6. The molecule has 0 unspecified atom stereocenters. The quantitative estimate of drug-likeness (QED) is 0.500. The molecule has 24 heavy (non-hydrogen) atoms. The van der Waals surface area contributed by atoms with Gasteiger partial charge < -0.3 is 4.57 Å². The van der Waals surface area contributed by atoms with Crippen LogP contribution in [0.3, 0.4) is 0 Å². The molecule has 0 saturated carbocycles. The molecule has 0 spiro atoms. The van der Waals surface area contributed by atoms with E-state index in [2.05, 4.69) is 59.8 Å². The predicted octanol–water partition coefficient (Wildman–Crippen LogP) is 5.33. The van der Waals surface area contributed by atoms with E-state index in [9.17, 15) is 4.79 Å². The maximum atomic E-state index is 12.5. The monoisotopic (exact) mass is 484 g/mol. The van der Waals surface area contributed by atoms with Crippen molar-refractivity contribution in [1.29, 1.82) is 0 Å². The number of thiazole rings is 1. The van der Waals surface area contributed by atoms with Crippen molar-refractivity contribution in [2.24, 2.45) is 4.99 Å². The maximum absolute atomic E-state index is 12.5. The van der Waals surface area contributed by atoms with Crippen LogP contribution >= 0.6 is 55.0 Å². The molecule has 0 saturated heterocycles. The van der Waals surface area contributed by atoms with Gasteiger partial charge in [0.2, 0.25) is 0 Å². The number of hydrogen-bond donors (Lipinski definition) is 0. The van der Waals surface area contributed by atoms with E-state index in [4.69, 9.17) is 0 Å². The fourth-order valence-corrected chi connectivity index (χ4v) is 4.51. The molecule has 0 aliphatic carbocycles. The summed E-state index contributed by atoms with van der Waals surface area (Å²) < 4.78 is 5.22. The molecule has 3 aromatic rings. The molecule has 0 aliphatic rings. The van der Waals surface area contributed by atoms with Crippen LogP contribution in [-0.2, 0) is 6.54 Å². The van der Waals surface area contributed by atoms with Crippen molar-refractivity contribution < 1.29 is 4.79 Å². The van der Waals surface area contributed by atoms with Crippen molar-refractivity contribution >= 4 is 71.1 Å². The van der Waals surface area contributed by atoms with Gasteiger partial charge in [0.25, 0.3) is 5.91 Å². The van der Waals surface area contributed by atoms with Crippen LogP contribution in [0.1, 0.15) is 10.4 Å². The van der Waals surface area contributed by atoms with Crippen LogP contribution in [0.15, 0.2) is 56.4 Å². The summed E-state index contributed by atoms with van der Waals surface area (Å²) in [7, 11) is 0. The lowest BCUT2D eigenvalue weighted by molar-refractivity contribution is 0.0998. The molecular weight excluding hydrogens is 472 g/mol. The number of carbonyl (C=O) groups is 1. The molecule has 0 aliphatic heterocycles. The first-order valence-corrected chi connectivity index (χ1v) is 11.0. The molecule has 0 atom stereocenters. The number of halogens is 2. The molecule has 2 aromatic carbocycles. The Morgan fingerprint density at radius 2 is 1.88 bits per heavy atom. The van der Waals surface area contributed by atoms with Gasteiger partial charge in [-0.25, -0.2) is 0 Å². The number of aryl methyl sites for hydroxylation is 1. The zero-order chi connectivity index (χ0) is 17.1. The molecule has 1 amide bonds. The lowest BCUT2D eigenvalue weighted by atomic mass is 10.2. The number of rotatable bonds is 4. The highest BCUT2D eigenvalue weighted by Gasteiger charge is 2.09. The fraction of sp³-hybridized carbons (Fsp3) is 0.176. The zero-order valence-electron chi connectivity index (χ0n) is 12.8. The minimum atomic E-state index is -0.217. The molecule has 0 bridgehead atoms. The summed E-state index contributed by atoms with van der Waals surface area (Å²) >= 11 is 10.2. The lowest BCUT2D eigenvalue weighted by Gasteiger charge is -2.03. The number of amides is 1. The lowest BCUT2D eigenvalue weighted by Crippen LogP contribution is -2.18. The van der Waals surface area contributed by atoms with E-state index >= 15 is 0 Å². The number of nitrogens with zero attached hydrogens (tertiary/aromatic N) is 2. The van der Waals surface area contributed by atoms with Crippen LogP contribution in [0.5, 0.6) is 0 Å². The van der Waals surface area contributed by atoms with Gasteiger partial charge in [-0.1, -0.05) is 43.2 Å². The Morgan fingerprint density at radius 3 is 2.58 bits per heavy atom. The Bertz CT molecular complexity index is 945. The van der Waals surface area contributed by atoms with Crippen molar-refractivity contribution in [3.8, 4) is 0 Å². The first-order chi connectivity index (χ1) is 11.6. The first-order valence-electron chi connectivity index (χ1n) is 7.21. The highest BCUT2D eigenvalue weighted by Crippen LogP contribution is 2.22. The normalized spacial score (nSPS) is 12.0. The van der Waals surface area contributed by atoms with E-state index in [1.54, 1.807) is 35.2 Å². The Hall–Kier alpha value is -0.890. The number of benzene rings is 2. The predicted molar refractivity (Wildman–Crippen MR) is 110 cm³/mol. The summed E-state index contributed by atoms with van der Waals surface area (Å²) in [6, 6.07) is 13.4. The van der Waals surface area contributed by atoms with Gasteiger partial charge in [-0.05, 0) is 48.7 Å². The van der Waals surface area contributed by atoms with Crippen molar-refractivity contribution in [2.45, 2.75) is 6.54 Å². The molecule has 0 radical (unpaired) electrons. The Balaban J connectivity index is 2.09. The van der Waals surface area contributed by atoms with Gasteiger partial charge in [-0.15, -0.1) is 0 Å². The summed E-state index contributed by atoms with van der Waals surface area (Å²) in [5.74, 6) is 0.757. The van der Waals surface area contributed by atoms with Crippen molar-refractivity contribution in [3.05, 3.63) is 61.8 Å². The van der Waals surface area contributed by atoms with Crippen molar-refractivity contribution in [2.75, 3.05) is 12.0 Å². The molecule has 0 fully saturated rings.